The van der Waals surface area contributed by atoms with E-state index < -0.39 is 10.7 Å². The largest absolute Gasteiger partial charge is 0.495 e. The van der Waals surface area contributed by atoms with Crippen molar-refractivity contribution in [2.75, 3.05) is 21.3 Å². The van der Waals surface area contributed by atoms with E-state index in [2.05, 4.69) is 4.99 Å². The number of nitro groups is 1. The van der Waals surface area contributed by atoms with Crippen molar-refractivity contribution in [1.82, 2.24) is 0 Å². The van der Waals surface area contributed by atoms with Gasteiger partial charge in [0.2, 0.25) is 5.79 Å². The normalized spacial score (nSPS) is 18.1. The highest BCUT2D eigenvalue weighted by Gasteiger charge is 2.29. The highest BCUT2D eigenvalue weighted by atomic mass is 16.7. The minimum Gasteiger partial charge on any atom is -0.495 e. The molecule has 0 fully saturated rings. The van der Waals surface area contributed by atoms with E-state index in [9.17, 15) is 10.1 Å². The molecule has 0 aromatic heterocycles. The summed E-state index contributed by atoms with van der Waals surface area (Å²) in [6.45, 7) is 0. The van der Waals surface area contributed by atoms with E-state index in [1.165, 1.54) is 33.5 Å². The first kappa shape index (κ1) is 15.9. The molecule has 0 saturated carbocycles. The van der Waals surface area contributed by atoms with Crippen LogP contribution in [-0.4, -0.2) is 37.8 Å². The molecule has 1 aromatic carbocycles. The third-order valence-electron chi connectivity index (χ3n) is 3.23. The van der Waals surface area contributed by atoms with E-state index in [-0.39, 0.29) is 5.69 Å². The van der Waals surface area contributed by atoms with Gasteiger partial charge in [0.15, 0.2) is 0 Å². The van der Waals surface area contributed by atoms with Gasteiger partial charge in [-0.3, -0.25) is 10.1 Å². The molecule has 2 rings (SSSR count). The fourth-order valence-corrected chi connectivity index (χ4v) is 1.96. The van der Waals surface area contributed by atoms with Gasteiger partial charge in [-0.25, -0.2) is 4.99 Å². The number of non-ortho nitro benzene ring substituents is 1. The molecule has 7 nitrogen and oxygen atoms in total. The molecule has 0 atom stereocenters. The lowest BCUT2D eigenvalue weighted by Crippen LogP contribution is -2.32. The van der Waals surface area contributed by atoms with Crippen molar-refractivity contribution in [3.63, 3.8) is 0 Å². The van der Waals surface area contributed by atoms with Crippen molar-refractivity contribution < 1.29 is 19.1 Å². The maximum atomic E-state index is 10.6. The zero-order valence-electron chi connectivity index (χ0n) is 12.5. The van der Waals surface area contributed by atoms with E-state index in [1.54, 1.807) is 30.4 Å². The summed E-state index contributed by atoms with van der Waals surface area (Å²) in [6, 6.07) is 5.94. The van der Waals surface area contributed by atoms with Gasteiger partial charge in [-0.15, -0.1) is 0 Å². The van der Waals surface area contributed by atoms with Crippen LogP contribution in [0.15, 0.2) is 53.2 Å². The van der Waals surface area contributed by atoms with Gasteiger partial charge in [0.1, 0.15) is 11.5 Å². The highest BCUT2D eigenvalue weighted by molar-refractivity contribution is 6.09. The van der Waals surface area contributed by atoms with Crippen LogP contribution in [0.2, 0.25) is 0 Å². The molecule has 0 amide bonds. The first-order valence-electron chi connectivity index (χ1n) is 6.43. The molecular weight excluding hydrogens is 288 g/mol. The molecule has 0 unspecified atom stereocenters. The zero-order valence-corrected chi connectivity index (χ0v) is 12.5. The molecule has 1 aliphatic rings. The number of benzene rings is 1. The van der Waals surface area contributed by atoms with Crippen LogP contribution in [0.1, 0.15) is 0 Å². The number of aliphatic imine (C=N–C) groups is 1. The number of ether oxygens (including phenoxy) is 3. The zero-order chi connectivity index (χ0) is 16.2. The average molecular weight is 304 g/mol. The van der Waals surface area contributed by atoms with E-state index in [0.717, 1.165) is 0 Å². The van der Waals surface area contributed by atoms with Crippen molar-refractivity contribution in [3.8, 4) is 0 Å². The second-order valence-electron chi connectivity index (χ2n) is 4.45. The summed E-state index contributed by atoms with van der Waals surface area (Å²) in [6.07, 6.45) is 5.09. The third-order valence-corrected chi connectivity index (χ3v) is 3.23. The number of hydrogen-bond acceptors (Lipinski definition) is 6. The van der Waals surface area contributed by atoms with Crippen molar-refractivity contribution in [2.24, 2.45) is 4.99 Å². The second kappa shape index (κ2) is 6.50. The topological polar surface area (TPSA) is 83.2 Å². The fraction of sp³-hybridized carbons (Fsp3) is 0.267. The Morgan fingerprint density at radius 2 is 1.77 bits per heavy atom. The number of rotatable bonds is 5. The van der Waals surface area contributed by atoms with Crippen molar-refractivity contribution in [1.29, 1.82) is 0 Å². The molecule has 0 N–H and O–H groups in total. The SMILES string of the molecule is COC1=CC(OC)(OC)C=CC1=Nc1ccc([N+](=O)[O-])cc1. The van der Waals surface area contributed by atoms with Crippen LogP contribution in [0.4, 0.5) is 11.4 Å². The van der Waals surface area contributed by atoms with Crippen LogP contribution in [0, 0.1) is 10.1 Å². The predicted octanol–water partition coefficient (Wildman–Crippen LogP) is 2.76. The Hall–Kier alpha value is -2.51. The first-order valence-corrected chi connectivity index (χ1v) is 6.43. The van der Waals surface area contributed by atoms with E-state index in [4.69, 9.17) is 14.2 Å². The second-order valence-corrected chi connectivity index (χ2v) is 4.45. The molecule has 22 heavy (non-hydrogen) atoms. The van der Waals surface area contributed by atoms with Gasteiger partial charge >= 0.3 is 0 Å². The molecule has 0 aliphatic heterocycles. The van der Waals surface area contributed by atoms with Gasteiger partial charge in [-0.2, -0.15) is 0 Å². The van der Waals surface area contributed by atoms with E-state index >= 15 is 0 Å². The van der Waals surface area contributed by atoms with Crippen LogP contribution in [0.3, 0.4) is 0 Å². The quantitative estimate of drug-likeness (QED) is 0.474. The molecule has 0 radical (unpaired) electrons. The Labute approximate surface area is 127 Å². The van der Waals surface area contributed by atoms with Gasteiger partial charge in [-0.1, -0.05) is 0 Å². The third kappa shape index (κ3) is 3.21. The lowest BCUT2D eigenvalue weighted by Gasteiger charge is -2.27. The Bertz CT molecular complexity index is 642. The lowest BCUT2D eigenvalue weighted by atomic mass is 10.1. The molecule has 1 aromatic rings. The van der Waals surface area contributed by atoms with Crippen LogP contribution in [0.5, 0.6) is 0 Å². The number of nitro benzene ring substituents is 1. The van der Waals surface area contributed by atoms with Gasteiger partial charge in [0.05, 0.1) is 17.7 Å². The van der Waals surface area contributed by atoms with Crippen molar-refractivity contribution in [2.45, 2.75) is 5.79 Å². The standard InChI is InChI=1S/C15H16N2O5/c1-20-14-10-15(21-2,22-3)9-8-13(14)16-11-4-6-12(7-5-11)17(18)19/h4-10H,1-3H3. The molecule has 0 saturated heterocycles. The van der Waals surface area contributed by atoms with Crippen LogP contribution in [-0.2, 0) is 14.2 Å². The number of nitrogens with zero attached hydrogens (tertiary/aromatic N) is 2. The molecule has 0 heterocycles. The van der Waals surface area contributed by atoms with Gasteiger partial charge in [-0.05, 0) is 24.3 Å². The average Bonchev–Trinajstić information content (AvgIpc) is 2.56. The van der Waals surface area contributed by atoms with Gasteiger partial charge in [0.25, 0.3) is 5.69 Å². The van der Waals surface area contributed by atoms with Crippen LogP contribution < -0.4 is 0 Å². The molecule has 7 heteroatoms. The summed E-state index contributed by atoms with van der Waals surface area (Å²) in [5, 5.41) is 10.6. The summed E-state index contributed by atoms with van der Waals surface area (Å²) in [4.78, 5) is 14.6. The van der Waals surface area contributed by atoms with Gasteiger partial charge in [0, 0.05) is 32.4 Å². The predicted molar refractivity (Wildman–Crippen MR) is 81.2 cm³/mol. The summed E-state index contributed by atoms with van der Waals surface area (Å²) in [5.41, 5.74) is 1.17. The molecule has 116 valence electrons. The van der Waals surface area contributed by atoms with E-state index in [0.29, 0.717) is 17.2 Å². The van der Waals surface area contributed by atoms with Gasteiger partial charge < -0.3 is 14.2 Å². The lowest BCUT2D eigenvalue weighted by molar-refractivity contribution is -0.384. The molecule has 0 spiro atoms. The smallest absolute Gasteiger partial charge is 0.269 e. The minimum absolute atomic E-state index is 0.0171. The number of hydrogen-bond donors (Lipinski definition) is 0. The molecular formula is C15H16N2O5. The summed E-state index contributed by atoms with van der Waals surface area (Å²) >= 11 is 0. The number of allylic oxidation sites excluding steroid dienone is 1. The Balaban J connectivity index is 2.32. The van der Waals surface area contributed by atoms with Crippen molar-refractivity contribution >= 4 is 17.1 Å². The Morgan fingerprint density at radius 1 is 1.14 bits per heavy atom. The Morgan fingerprint density at radius 3 is 2.27 bits per heavy atom. The van der Waals surface area contributed by atoms with E-state index in [1.807, 2.05) is 0 Å². The van der Waals surface area contributed by atoms with Crippen molar-refractivity contribution in [3.05, 3.63) is 58.4 Å². The van der Waals surface area contributed by atoms with Crippen LogP contribution in [0.25, 0.3) is 0 Å². The summed E-state index contributed by atoms with van der Waals surface area (Å²) in [5.74, 6) is -0.496. The maximum Gasteiger partial charge on any atom is 0.269 e. The number of methoxy groups -OCH3 is 3. The van der Waals surface area contributed by atoms with Crippen LogP contribution >= 0.6 is 0 Å². The maximum absolute atomic E-state index is 10.6. The summed E-state index contributed by atoms with van der Waals surface area (Å²) < 4.78 is 15.9. The first-order chi connectivity index (χ1) is 10.5. The highest BCUT2D eigenvalue weighted by Crippen LogP contribution is 2.26. The molecule has 1 aliphatic carbocycles. The minimum atomic E-state index is -0.986. The molecule has 0 bridgehead atoms. The monoisotopic (exact) mass is 304 g/mol. The summed E-state index contributed by atoms with van der Waals surface area (Å²) in [7, 11) is 4.57. The fourth-order valence-electron chi connectivity index (χ4n) is 1.96. The Kier molecular flexibility index (Phi) is 4.69.